The van der Waals surface area contributed by atoms with Gasteiger partial charge < -0.3 is 0 Å². The maximum atomic E-state index is 11.0. The molecule has 0 aliphatic heterocycles. The zero-order valence-electron chi connectivity index (χ0n) is 13.5. The second kappa shape index (κ2) is 5.33. The molecule has 0 amide bonds. The van der Waals surface area contributed by atoms with Crippen molar-refractivity contribution in [3.63, 3.8) is 0 Å². The first-order valence-corrected chi connectivity index (χ1v) is 8.11. The first-order chi connectivity index (χ1) is 12.8. The lowest BCUT2D eigenvalue weighted by molar-refractivity contribution is 0.565. The average molecular weight is 334 g/mol. The molecule has 0 saturated heterocycles. The molecule has 26 heavy (non-hydrogen) atoms. The molecule has 0 aromatic heterocycles. The van der Waals surface area contributed by atoms with Gasteiger partial charge in [-0.3, -0.25) is 0 Å². The van der Waals surface area contributed by atoms with Crippen LogP contribution in [0.3, 0.4) is 0 Å². The first kappa shape index (κ1) is 14.5. The molecule has 5 aromatic carbocycles. The van der Waals surface area contributed by atoms with Gasteiger partial charge in [-0.2, -0.15) is 9.98 Å². The van der Waals surface area contributed by atoms with Crippen LogP contribution >= 0.6 is 0 Å². The van der Waals surface area contributed by atoms with Gasteiger partial charge in [0.15, 0.2) is 0 Å². The lowest BCUT2D eigenvalue weighted by atomic mass is 9.88. The molecule has 0 radical (unpaired) electrons. The summed E-state index contributed by atoms with van der Waals surface area (Å²) in [6.07, 6.45) is 3.22. The Morgan fingerprint density at radius 2 is 1.15 bits per heavy atom. The second-order valence-corrected chi connectivity index (χ2v) is 6.13. The summed E-state index contributed by atoms with van der Waals surface area (Å²) in [5, 5.41) is 8.05. The molecule has 4 heteroatoms. The molecule has 0 saturated carbocycles. The van der Waals surface area contributed by atoms with Gasteiger partial charge in [-0.05, 0) is 33.0 Å². The van der Waals surface area contributed by atoms with E-state index in [-0.39, 0.29) is 0 Å². The lowest BCUT2D eigenvalue weighted by Crippen LogP contribution is -1.87. The molecule has 0 N–H and O–H groups in total. The van der Waals surface area contributed by atoms with Crippen molar-refractivity contribution in [3.05, 3.63) is 60.7 Å². The predicted octanol–water partition coefficient (Wildman–Crippen LogP) is 5.67. The summed E-state index contributed by atoms with van der Waals surface area (Å²) in [6.45, 7) is 0. The van der Waals surface area contributed by atoms with Gasteiger partial charge in [0.1, 0.15) is 0 Å². The quantitative estimate of drug-likeness (QED) is 0.181. The summed E-state index contributed by atoms with van der Waals surface area (Å²) < 4.78 is 0. The standard InChI is InChI=1S/C22H10N2O2/c25-11-23-18-10-19(24-12-26)22-17-9-2-5-13-4-1-6-14(20(13)17)15-7-3-8-16(18)21(15)22/h1-10H. The van der Waals surface area contributed by atoms with Crippen LogP contribution in [0.2, 0.25) is 0 Å². The molecule has 0 aliphatic rings. The Balaban J connectivity index is 2.24. The minimum Gasteiger partial charge on any atom is -0.211 e. The third kappa shape index (κ3) is 1.80. The van der Waals surface area contributed by atoms with E-state index in [1.165, 1.54) is 0 Å². The number of isocyanates is 2. The van der Waals surface area contributed by atoms with Crippen molar-refractivity contribution >= 4 is 66.6 Å². The van der Waals surface area contributed by atoms with E-state index in [1.807, 2.05) is 36.4 Å². The topological polar surface area (TPSA) is 58.9 Å². The van der Waals surface area contributed by atoms with Gasteiger partial charge in [-0.15, -0.1) is 0 Å². The molecule has 0 atom stereocenters. The van der Waals surface area contributed by atoms with E-state index < -0.39 is 0 Å². The monoisotopic (exact) mass is 334 g/mol. The van der Waals surface area contributed by atoms with E-state index >= 15 is 0 Å². The van der Waals surface area contributed by atoms with E-state index in [4.69, 9.17) is 0 Å². The fourth-order valence-corrected chi connectivity index (χ4v) is 3.99. The Kier molecular flexibility index (Phi) is 2.97. The summed E-state index contributed by atoms with van der Waals surface area (Å²) in [5.74, 6) is 0. The van der Waals surface area contributed by atoms with Crippen LogP contribution in [0, 0.1) is 0 Å². The van der Waals surface area contributed by atoms with Gasteiger partial charge in [0.25, 0.3) is 0 Å². The number of aliphatic imine (C=N–C) groups is 2. The average Bonchev–Trinajstić information content (AvgIpc) is 2.67. The minimum absolute atomic E-state index is 0.446. The summed E-state index contributed by atoms with van der Waals surface area (Å²) in [5.41, 5.74) is 0.900. The smallest absolute Gasteiger partial charge is 0.211 e. The largest absolute Gasteiger partial charge is 0.240 e. The molecule has 0 aliphatic carbocycles. The maximum absolute atomic E-state index is 11.0. The number of benzene rings is 5. The van der Waals surface area contributed by atoms with Gasteiger partial charge in [-0.1, -0.05) is 54.6 Å². The molecule has 0 heterocycles. The van der Waals surface area contributed by atoms with E-state index in [0.717, 1.165) is 43.1 Å². The van der Waals surface area contributed by atoms with Crippen molar-refractivity contribution in [2.75, 3.05) is 0 Å². The van der Waals surface area contributed by atoms with Crippen LogP contribution in [0.4, 0.5) is 11.4 Å². The van der Waals surface area contributed by atoms with Crippen LogP contribution in [-0.4, -0.2) is 12.2 Å². The molecule has 4 nitrogen and oxygen atoms in total. The van der Waals surface area contributed by atoms with E-state index in [2.05, 4.69) is 28.2 Å². The summed E-state index contributed by atoms with van der Waals surface area (Å²) in [7, 11) is 0. The Labute approximate surface area is 147 Å². The summed E-state index contributed by atoms with van der Waals surface area (Å²) in [6, 6.07) is 19.8. The highest BCUT2D eigenvalue weighted by molar-refractivity contribution is 6.36. The molecule has 120 valence electrons. The number of carbonyl (C=O) groups excluding carboxylic acids is 2. The van der Waals surface area contributed by atoms with Gasteiger partial charge in [0, 0.05) is 16.2 Å². The Morgan fingerprint density at radius 3 is 1.88 bits per heavy atom. The molecule has 5 rings (SSSR count). The normalized spacial score (nSPS) is 11.1. The molecule has 0 bridgehead atoms. The maximum Gasteiger partial charge on any atom is 0.240 e. The van der Waals surface area contributed by atoms with Crippen molar-refractivity contribution in [2.45, 2.75) is 0 Å². The molecule has 5 aromatic rings. The highest BCUT2D eigenvalue weighted by Crippen LogP contribution is 2.46. The highest BCUT2D eigenvalue weighted by Gasteiger charge is 2.17. The van der Waals surface area contributed by atoms with Crippen LogP contribution in [0.5, 0.6) is 0 Å². The van der Waals surface area contributed by atoms with Gasteiger partial charge in [0.05, 0.1) is 11.4 Å². The number of hydrogen-bond acceptors (Lipinski definition) is 4. The highest BCUT2D eigenvalue weighted by atomic mass is 16.1. The van der Waals surface area contributed by atoms with Crippen molar-refractivity contribution in [2.24, 2.45) is 9.98 Å². The number of rotatable bonds is 2. The zero-order valence-corrected chi connectivity index (χ0v) is 13.5. The Morgan fingerprint density at radius 1 is 0.577 bits per heavy atom. The molecular weight excluding hydrogens is 324 g/mol. The fourth-order valence-electron chi connectivity index (χ4n) is 3.99. The second-order valence-electron chi connectivity index (χ2n) is 6.13. The van der Waals surface area contributed by atoms with Crippen LogP contribution in [0.25, 0.3) is 43.1 Å². The SMILES string of the molecule is O=C=Nc1cc(N=C=O)c2c3cccc4cccc(c5cccc1c52)c43. The zero-order chi connectivity index (χ0) is 17.7. The molecule has 0 unspecified atom stereocenters. The van der Waals surface area contributed by atoms with Gasteiger partial charge in [0.2, 0.25) is 12.2 Å². The number of nitrogens with zero attached hydrogens (tertiary/aromatic N) is 2. The minimum atomic E-state index is 0.446. The van der Waals surface area contributed by atoms with E-state index in [9.17, 15) is 9.59 Å². The van der Waals surface area contributed by atoms with E-state index in [0.29, 0.717) is 11.4 Å². The summed E-state index contributed by atoms with van der Waals surface area (Å²) in [4.78, 5) is 29.7. The molecule has 0 spiro atoms. The van der Waals surface area contributed by atoms with Crippen LogP contribution < -0.4 is 0 Å². The van der Waals surface area contributed by atoms with E-state index in [1.54, 1.807) is 18.2 Å². The van der Waals surface area contributed by atoms with Crippen molar-refractivity contribution < 1.29 is 9.59 Å². The third-order valence-electron chi connectivity index (χ3n) is 4.92. The predicted molar refractivity (Wildman–Crippen MR) is 103 cm³/mol. The van der Waals surface area contributed by atoms with Gasteiger partial charge in [-0.25, -0.2) is 9.59 Å². The van der Waals surface area contributed by atoms with Crippen molar-refractivity contribution in [3.8, 4) is 0 Å². The molecular formula is C22H10N2O2. The fraction of sp³-hybridized carbons (Fsp3) is 0. The summed E-state index contributed by atoms with van der Waals surface area (Å²) >= 11 is 0. The number of fused-ring (bicyclic) bond motifs is 2. The lowest BCUT2D eigenvalue weighted by Gasteiger charge is -2.16. The van der Waals surface area contributed by atoms with Crippen LogP contribution in [-0.2, 0) is 9.59 Å². The van der Waals surface area contributed by atoms with Crippen LogP contribution in [0.1, 0.15) is 0 Å². The van der Waals surface area contributed by atoms with Crippen LogP contribution in [0.15, 0.2) is 70.6 Å². The third-order valence-corrected chi connectivity index (χ3v) is 4.92. The first-order valence-electron chi connectivity index (χ1n) is 8.11. The van der Waals surface area contributed by atoms with Crippen molar-refractivity contribution in [1.82, 2.24) is 0 Å². The number of hydrogen-bond donors (Lipinski definition) is 0. The molecule has 0 fully saturated rings. The van der Waals surface area contributed by atoms with Gasteiger partial charge >= 0.3 is 0 Å². The Hall–Kier alpha value is -3.84. The Bertz CT molecular complexity index is 1430. The van der Waals surface area contributed by atoms with Crippen molar-refractivity contribution in [1.29, 1.82) is 0 Å².